The Bertz CT molecular complexity index is 315. The molecular weight excluding hydrogens is 312 g/mol. The van der Waals surface area contributed by atoms with Gasteiger partial charge in [0.05, 0.1) is 6.61 Å². The fourth-order valence-corrected chi connectivity index (χ4v) is 2.29. The Hall–Kier alpha value is 0.140. The second-order valence-corrected chi connectivity index (χ2v) is 5.37. The summed E-state index contributed by atoms with van der Waals surface area (Å²) in [6.07, 6.45) is -7.76. The largest absolute Gasteiger partial charge is 0.394 e. The van der Waals surface area contributed by atoms with Crippen molar-refractivity contribution in [3.05, 3.63) is 0 Å². The molecule has 1 amide bonds. The highest BCUT2D eigenvalue weighted by atomic mass is 35.5. The normalized spacial score (nSPS) is 37.4. The quantitative estimate of drug-likeness (QED) is 0.311. The van der Waals surface area contributed by atoms with Crippen molar-refractivity contribution >= 4 is 40.9 Å². The molecule has 1 aliphatic rings. The summed E-state index contributed by atoms with van der Waals surface area (Å²) in [6, 6.07) is 0. The number of ether oxygens (including phenoxy) is 1. The third-order valence-corrected chi connectivity index (χ3v) is 3.58. The molecule has 0 radical (unpaired) electrons. The van der Waals surface area contributed by atoms with E-state index in [9.17, 15) is 20.1 Å². The van der Waals surface area contributed by atoms with Gasteiger partial charge in [-0.25, -0.2) is 0 Å². The number of hydrogen-bond acceptors (Lipinski definition) is 6. The van der Waals surface area contributed by atoms with Crippen LogP contribution in [0.1, 0.15) is 0 Å². The van der Waals surface area contributed by atoms with E-state index in [0.717, 1.165) is 0 Å². The lowest BCUT2D eigenvalue weighted by atomic mass is 9.93. The Labute approximate surface area is 117 Å². The maximum Gasteiger partial charge on any atom is 0.273 e. The second-order valence-electron chi connectivity index (χ2n) is 3.80. The van der Waals surface area contributed by atoms with Gasteiger partial charge in [0.15, 0.2) is 0 Å². The molecule has 7 nitrogen and oxygen atoms in total. The zero-order chi connectivity index (χ0) is 14.1. The number of hydrogen-bond donors (Lipinski definition) is 5. The van der Waals surface area contributed by atoms with E-state index >= 15 is 0 Å². The van der Waals surface area contributed by atoms with Gasteiger partial charge >= 0.3 is 0 Å². The number of aliphatic hydroxyl groups is 4. The highest BCUT2D eigenvalue weighted by Gasteiger charge is 2.55. The minimum absolute atomic E-state index is 0.659. The first kappa shape index (κ1) is 16.2. The van der Waals surface area contributed by atoms with Crippen molar-refractivity contribution in [1.29, 1.82) is 0 Å². The molecule has 0 aromatic heterocycles. The maximum absolute atomic E-state index is 11.4. The van der Waals surface area contributed by atoms with Gasteiger partial charge in [0.2, 0.25) is 4.33 Å². The van der Waals surface area contributed by atoms with Crippen molar-refractivity contribution in [2.45, 2.75) is 34.9 Å². The fraction of sp³-hybridized carbons (Fsp3) is 0.875. The van der Waals surface area contributed by atoms with Crippen molar-refractivity contribution < 1.29 is 30.0 Å². The van der Waals surface area contributed by atoms with Gasteiger partial charge in [-0.05, 0) is 0 Å². The molecule has 0 aromatic rings. The van der Waals surface area contributed by atoms with E-state index in [1.165, 1.54) is 0 Å². The van der Waals surface area contributed by atoms with Gasteiger partial charge in [-0.1, -0.05) is 23.2 Å². The van der Waals surface area contributed by atoms with Gasteiger partial charge in [-0.2, -0.15) is 0 Å². The number of amides is 1. The molecular formula is C8H12Cl3NO6. The van der Waals surface area contributed by atoms with Gasteiger partial charge in [0, 0.05) is 11.8 Å². The van der Waals surface area contributed by atoms with Crippen LogP contribution in [0, 0.1) is 0 Å². The van der Waals surface area contributed by atoms with Gasteiger partial charge < -0.3 is 25.2 Å². The van der Waals surface area contributed by atoms with Crippen LogP contribution in [-0.4, -0.2) is 67.8 Å². The summed E-state index contributed by atoms with van der Waals surface area (Å²) in [6.45, 7) is -0.659. The van der Waals surface area contributed by atoms with E-state index in [1.807, 2.05) is 0 Å². The highest BCUT2D eigenvalue weighted by molar-refractivity contribution is 6.59. The predicted molar refractivity (Wildman–Crippen MR) is 62.2 cm³/mol. The summed E-state index contributed by atoms with van der Waals surface area (Å²) < 4.78 is 2.73. The number of alkyl halides is 2. The summed E-state index contributed by atoms with van der Waals surface area (Å²) in [5, 5.41) is 37.7. The van der Waals surface area contributed by atoms with Crippen LogP contribution in [0.15, 0.2) is 0 Å². The summed E-state index contributed by atoms with van der Waals surface area (Å²) in [7, 11) is 0. The molecule has 0 bridgehead atoms. The van der Waals surface area contributed by atoms with E-state index < -0.39 is 47.4 Å². The molecule has 1 saturated heterocycles. The number of carbonyl (C=O) groups excluding carboxylic acids is 1. The van der Waals surface area contributed by atoms with Crippen molar-refractivity contribution in [3.8, 4) is 0 Å². The molecule has 5 atom stereocenters. The summed E-state index contributed by atoms with van der Waals surface area (Å²) in [4.78, 5) is 13.0. The number of nitrogens with one attached hydrogen (secondary N) is 1. The van der Waals surface area contributed by atoms with Crippen LogP contribution < -0.4 is 4.84 Å². The molecule has 0 saturated carbocycles. The summed E-state index contributed by atoms with van der Waals surface area (Å²) in [5.74, 6) is -1.07. The number of rotatable bonds is 3. The van der Waals surface area contributed by atoms with Crippen LogP contribution in [-0.2, 0) is 9.53 Å². The molecule has 0 aromatic carbocycles. The fourth-order valence-electron chi connectivity index (χ4n) is 1.59. The van der Waals surface area contributed by atoms with Gasteiger partial charge in [0.1, 0.15) is 30.5 Å². The van der Waals surface area contributed by atoms with Gasteiger partial charge in [-0.15, -0.1) is 0 Å². The van der Waals surface area contributed by atoms with Gasteiger partial charge in [0.25, 0.3) is 5.91 Å². The average Bonchev–Trinajstić information content (AvgIpc) is 2.34. The molecule has 0 spiro atoms. The second kappa shape index (κ2) is 6.06. The monoisotopic (exact) mass is 323 g/mol. The van der Waals surface area contributed by atoms with Crippen LogP contribution in [0.25, 0.3) is 0 Å². The Morgan fingerprint density at radius 1 is 1.22 bits per heavy atom. The molecule has 1 fully saturated rings. The topological polar surface area (TPSA) is 119 Å². The lowest BCUT2D eigenvalue weighted by Gasteiger charge is -2.43. The van der Waals surface area contributed by atoms with Crippen LogP contribution in [0.5, 0.6) is 0 Å². The van der Waals surface area contributed by atoms with Crippen molar-refractivity contribution in [2.75, 3.05) is 6.61 Å². The molecule has 106 valence electrons. The summed E-state index contributed by atoms with van der Waals surface area (Å²) in [5.41, 5.74) is 0. The Balaban J connectivity index is 2.97. The maximum atomic E-state index is 11.4. The smallest absolute Gasteiger partial charge is 0.273 e. The van der Waals surface area contributed by atoms with Crippen molar-refractivity contribution in [3.63, 3.8) is 0 Å². The minimum Gasteiger partial charge on any atom is -0.394 e. The third-order valence-electron chi connectivity index (χ3n) is 2.64. The third kappa shape index (κ3) is 2.83. The molecule has 10 heteroatoms. The number of carbonyl (C=O) groups is 1. The molecule has 18 heavy (non-hydrogen) atoms. The van der Waals surface area contributed by atoms with E-state index in [2.05, 4.69) is 0 Å². The van der Waals surface area contributed by atoms with E-state index in [1.54, 1.807) is 4.84 Å². The molecule has 5 N–H and O–H groups in total. The Kier molecular flexibility index (Phi) is 5.45. The average molecular weight is 325 g/mol. The number of aliphatic hydroxyl groups excluding tert-OH is 4. The summed E-state index contributed by atoms with van der Waals surface area (Å²) >= 11 is 16.5. The van der Waals surface area contributed by atoms with Crippen LogP contribution in [0.4, 0.5) is 0 Å². The first-order valence-electron chi connectivity index (χ1n) is 4.86. The predicted octanol–water partition coefficient (Wildman–Crippen LogP) is -1.73. The van der Waals surface area contributed by atoms with Crippen LogP contribution in [0.3, 0.4) is 0 Å². The molecule has 1 aliphatic heterocycles. The first-order chi connectivity index (χ1) is 8.27. The lowest BCUT2D eigenvalue weighted by molar-refractivity contribution is -0.231. The molecule has 0 unspecified atom stereocenters. The van der Waals surface area contributed by atoms with E-state index in [-0.39, 0.29) is 0 Å². The Morgan fingerprint density at radius 2 is 1.78 bits per heavy atom. The van der Waals surface area contributed by atoms with Crippen LogP contribution in [0.2, 0.25) is 0 Å². The molecule has 1 heterocycles. The zero-order valence-corrected chi connectivity index (χ0v) is 11.1. The minimum atomic E-state index is -2.30. The highest BCUT2D eigenvalue weighted by Crippen LogP contribution is 2.36. The SMILES string of the molecule is O=C(NCl)C(Cl)(Cl)[C@@H]1O[C@H](CO)[C@@H](O)[C@H](O)[C@H]1O. The van der Waals surface area contributed by atoms with Gasteiger partial charge in [-0.3, -0.25) is 9.63 Å². The lowest BCUT2D eigenvalue weighted by Crippen LogP contribution is -2.64. The molecule has 1 rings (SSSR count). The Morgan fingerprint density at radius 3 is 2.22 bits per heavy atom. The first-order valence-corrected chi connectivity index (χ1v) is 6.00. The molecule has 0 aliphatic carbocycles. The van der Waals surface area contributed by atoms with Crippen LogP contribution >= 0.6 is 35.0 Å². The number of halogens is 3. The standard InChI is InChI=1S/C8H12Cl3NO6/c9-8(10,7(17)12-11)6-5(16)4(15)3(14)2(1-13)18-6/h2-6,13-16H,1H2,(H,12,17)/t2-,3-,4+,5-,6-/m1/s1. The van der Waals surface area contributed by atoms with Crippen molar-refractivity contribution in [2.24, 2.45) is 0 Å². The van der Waals surface area contributed by atoms with Crippen molar-refractivity contribution in [1.82, 2.24) is 4.84 Å². The van der Waals surface area contributed by atoms with E-state index in [4.69, 9.17) is 44.8 Å². The van der Waals surface area contributed by atoms with E-state index in [0.29, 0.717) is 0 Å². The zero-order valence-electron chi connectivity index (χ0n) is 8.83.